The van der Waals surface area contributed by atoms with Crippen molar-refractivity contribution in [3.63, 3.8) is 0 Å². The summed E-state index contributed by atoms with van der Waals surface area (Å²) >= 11 is -2.29. The number of aromatic nitrogens is 2. The SMILES string of the molecule is CCCc1nc(CC)c(C(=O)OCc2cccc(C(=O)c3ccccc3)c2)n1Cc1ccc(-c2ccccc2NS(=O)O)cc1F. The standard InChI is InChI=1S/C36H34FN3O5S/c1-3-11-33-38-31(4-2)34(36(42)45-23-24-12-10-15-27(20-24)35(41)25-13-6-5-7-14-25)40(33)22-28-19-18-26(21-30(28)37)29-16-8-9-17-32(29)39-46(43)44/h5-10,12-21,39H,3-4,11,22-23H2,1-2H3,(H,43,44). The Bertz CT molecular complexity index is 1890. The van der Waals surface area contributed by atoms with E-state index in [-0.39, 0.29) is 24.6 Å². The van der Waals surface area contributed by atoms with Gasteiger partial charge in [0.2, 0.25) is 0 Å². The first-order valence-corrected chi connectivity index (χ1v) is 16.1. The van der Waals surface area contributed by atoms with E-state index < -0.39 is 23.1 Å². The molecule has 4 aromatic carbocycles. The van der Waals surface area contributed by atoms with Gasteiger partial charge in [0, 0.05) is 28.7 Å². The number of rotatable bonds is 13. The van der Waals surface area contributed by atoms with E-state index in [4.69, 9.17) is 9.72 Å². The highest BCUT2D eigenvalue weighted by atomic mass is 32.2. The first kappa shape index (κ1) is 32.5. The minimum absolute atomic E-state index is 0.0542. The monoisotopic (exact) mass is 639 g/mol. The summed E-state index contributed by atoms with van der Waals surface area (Å²) in [4.78, 5) is 31.3. The van der Waals surface area contributed by atoms with Crippen LogP contribution < -0.4 is 4.72 Å². The second-order valence-corrected chi connectivity index (χ2v) is 11.4. The fourth-order valence-corrected chi connectivity index (χ4v) is 5.69. The van der Waals surface area contributed by atoms with Gasteiger partial charge in [-0.1, -0.05) is 92.7 Å². The fraction of sp³-hybridized carbons (Fsp3) is 0.194. The normalized spacial score (nSPS) is 11.7. The van der Waals surface area contributed by atoms with Gasteiger partial charge in [-0.2, -0.15) is 0 Å². The molecule has 0 amide bonds. The van der Waals surface area contributed by atoms with Crippen LogP contribution in [0, 0.1) is 5.82 Å². The zero-order chi connectivity index (χ0) is 32.6. The van der Waals surface area contributed by atoms with E-state index in [0.29, 0.717) is 63.4 Å². The molecule has 0 aliphatic carbocycles. The van der Waals surface area contributed by atoms with Crippen LogP contribution in [0.4, 0.5) is 10.1 Å². The van der Waals surface area contributed by atoms with E-state index in [0.717, 1.165) is 6.42 Å². The third kappa shape index (κ3) is 7.47. The highest BCUT2D eigenvalue weighted by Gasteiger charge is 2.24. The molecule has 236 valence electrons. The van der Waals surface area contributed by atoms with Crippen LogP contribution >= 0.6 is 0 Å². The summed E-state index contributed by atoms with van der Waals surface area (Å²) in [7, 11) is 0. The number of esters is 1. The molecule has 0 saturated carbocycles. The topological polar surface area (TPSA) is 111 Å². The number of para-hydroxylation sites is 1. The number of anilines is 1. The number of nitrogens with zero attached hydrogens (tertiary/aromatic N) is 2. The van der Waals surface area contributed by atoms with Crippen molar-refractivity contribution in [1.82, 2.24) is 9.55 Å². The molecule has 0 fully saturated rings. The van der Waals surface area contributed by atoms with Crippen molar-refractivity contribution < 1.29 is 27.5 Å². The first-order valence-electron chi connectivity index (χ1n) is 15.0. The number of carbonyl (C=O) groups is 2. The summed E-state index contributed by atoms with van der Waals surface area (Å²) in [6.45, 7) is 3.91. The Kier molecular flexibility index (Phi) is 10.5. The van der Waals surface area contributed by atoms with E-state index in [1.165, 1.54) is 6.07 Å². The number of imidazole rings is 1. The number of aryl methyl sites for hydroxylation is 2. The van der Waals surface area contributed by atoms with Gasteiger partial charge in [-0.25, -0.2) is 18.4 Å². The number of benzene rings is 4. The maximum Gasteiger partial charge on any atom is 0.357 e. The molecule has 0 aliphatic rings. The molecule has 5 aromatic rings. The molecule has 1 unspecified atom stereocenters. The lowest BCUT2D eigenvalue weighted by Gasteiger charge is -2.15. The highest BCUT2D eigenvalue weighted by molar-refractivity contribution is 7.80. The summed E-state index contributed by atoms with van der Waals surface area (Å²) in [5.41, 5.74) is 4.38. The van der Waals surface area contributed by atoms with Crippen molar-refractivity contribution >= 4 is 28.7 Å². The number of hydrogen-bond acceptors (Lipinski definition) is 5. The molecule has 0 bridgehead atoms. The van der Waals surface area contributed by atoms with Gasteiger partial charge < -0.3 is 9.30 Å². The van der Waals surface area contributed by atoms with Crippen LogP contribution in [0.1, 0.15) is 69.3 Å². The Labute approximate surface area is 269 Å². The van der Waals surface area contributed by atoms with E-state index >= 15 is 4.39 Å². The molecule has 1 aromatic heterocycles. The summed E-state index contributed by atoms with van der Waals surface area (Å²) in [5, 5.41) is 0. The molecule has 2 N–H and O–H groups in total. The van der Waals surface area contributed by atoms with Gasteiger partial charge in [-0.15, -0.1) is 0 Å². The summed E-state index contributed by atoms with van der Waals surface area (Å²) in [6.07, 6.45) is 1.84. The van der Waals surface area contributed by atoms with E-state index in [1.54, 1.807) is 89.5 Å². The second kappa shape index (κ2) is 14.9. The maximum atomic E-state index is 15.6. The van der Waals surface area contributed by atoms with Gasteiger partial charge in [0.15, 0.2) is 11.5 Å². The van der Waals surface area contributed by atoms with E-state index in [9.17, 15) is 18.4 Å². The Morgan fingerprint density at radius 2 is 1.67 bits per heavy atom. The van der Waals surface area contributed by atoms with Gasteiger partial charge in [0.05, 0.1) is 17.9 Å². The molecular formula is C36H34FN3O5S. The zero-order valence-corrected chi connectivity index (χ0v) is 26.4. The second-order valence-electron chi connectivity index (χ2n) is 10.7. The number of halogens is 1. The van der Waals surface area contributed by atoms with Crippen LogP contribution in [0.2, 0.25) is 0 Å². The molecule has 0 saturated heterocycles. The predicted molar refractivity (Wildman–Crippen MR) is 176 cm³/mol. The maximum absolute atomic E-state index is 15.6. The van der Waals surface area contributed by atoms with Crippen LogP contribution in [0.25, 0.3) is 11.1 Å². The molecule has 1 atom stereocenters. The van der Waals surface area contributed by atoms with Gasteiger partial charge >= 0.3 is 5.97 Å². The van der Waals surface area contributed by atoms with Crippen LogP contribution in [0.5, 0.6) is 0 Å². The minimum Gasteiger partial charge on any atom is -0.456 e. The van der Waals surface area contributed by atoms with Crippen LogP contribution in [-0.4, -0.2) is 30.1 Å². The van der Waals surface area contributed by atoms with Gasteiger partial charge in [-0.3, -0.25) is 14.1 Å². The summed E-state index contributed by atoms with van der Waals surface area (Å²) < 4.78 is 46.3. The first-order chi connectivity index (χ1) is 22.3. The molecule has 1 heterocycles. The van der Waals surface area contributed by atoms with Gasteiger partial charge in [-0.05, 0) is 42.2 Å². The Balaban J connectivity index is 1.40. The number of nitrogens with one attached hydrogen (secondary N) is 1. The number of hydrogen-bond donors (Lipinski definition) is 2. The Morgan fingerprint density at radius 3 is 2.39 bits per heavy atom. The molecule has 10 heteroatoms. The average molecular weight is 640 g/mol. The number of ether oxygens (including phenoxy) is 1. The van der Waals surface area contributed by atoms with Crippen molar-refractivity contribution in [2.45, 2.75) is 46.3 Å². The quantitative estimate of drug-likeness (QED) is 0.0790. The van der Waals surface area contributed by atoms with Gasteiger partial charge in [0.25, 0.3) is 11.3 Å². The molecule has 0 radical (unpaired) electrons. The Hall–Kier alpha value is -4.93. The number of carbonyl (C=O) groups excluding carboxylic acids is 2. The minimum atomic E-state index is -2.29. The lowest BCUT2D eigenvalue weighted by Crippen LogP contribution is -2.17. The van der Waals surface area contributed by atoms with E-state index in [2.05, 4.69) is 4.72 Å². The molecule has 0 spiro atoms. The predicted octanol–water partition coefficient (Wildman–Crippen LogP) is 7.39. The van der Waals surface area contributed by atoms with E-state index in [1.807, 2.05) is 19.9 Å². The van der Waals surface area contributed by atoms with Crippen molar-refractivity contribution in [1.29, 1.82) is 0 Å². The third-order valence-electron chi connectivity index (χ3n) is 7.53. The largest absolute Gasteiger partial charge is 0.456 e. The van der Waals surface area contributed by atoms with Crippen LogP contribution in [0.3, 0.4) is 0 Å². The summed E-state index contributed by atoms with van der Waals surface area (Å²) in [5.74, 6) is -0.544. The van der Waals surface area contributed by atoms with Crippen molar-refractivity contribution in [3.05, 3.63) is 142 Å². The number of ketones is 1. The molecule has 8 nitrogen and oxygen atoms in total. The average Bonchev–Trinajstić information content (AvgIpc) is 3.41. The van der Waals surface area contributed by atoms with Crippen molar-refractivity contribution in [2.75, 3.05) is 4.72 Å². The fourth-order valence-electron chi connectivity index (χ4n) is 5.32. The molecule has 46 heavy (non-hydrogen) atoms. The van der Waals surface area contributed by atoms with Crippen LogP contribution in [-0.2, 0) is 42.0 Å². The smallest absolute Gasteiger partial charge is 0.357 e. The van der Waals surface area contributed by atoms with Crippen molar-refractivity contribution in [3.8, 4) is 11.1 Å². The molecular weight excluding hydrogens is 605 g/mol. The van der Waals surface area contributed by atoms with Crippen LogP contribution in [0.15, 0.2) is 97.1 Å². The molecule has 0 aliphatic heterocycles. The zero-order valence-electron chi connectivity index (χ0n) is 25.5. The van der Waals surface area contributed by atoms with Crippen molar-refractivity contribution in [2.24, 2.45) is 0 Å². The molecule has 5 rings (SSSR count). The lowest BCUT2D eigenvalue weighted by molar-refractivity contribution is 0.0458. The third-order valence-corrected chi connectivity index (χ3v) is 7.93. The Morgan fingerprint density at radius 1 is 0.935 bits per heavy atom. The lowest BCUT2D eigenvalue weighted by atomic mass is 10.0. The summed E-state index contributed by atoms with van der Waals surface area (Å²) in [6, 6.07) is 27.5. The highest BCUT2D eigenvalue weighted by Crippen LogP contribution is 2.30. The van der Waals surface area contributed by atoms with Gasteiger partial charge in [0.1, 0.15) is 18.2 Å².